The summed E-state index contributed by atoms with van der Waals surface area (Å²) in [6.45, 7) is 6.78. The van der Waals surface area contributed by atoms with Crippen molar-refractivity contribution in [2.45, 2.75) is 45.7 Å². The molecule has 2 heterocycles. The van der Waals surface area contributed by atoms with E-state index in [1.54, 1.807) is 37.8 Å². The molecule has 0 radical (unpaired) electrons. The zero-order valence-electron chi connectivity index (χ0n) is 13.3. The van der Waals surface area contributed by atoms with E-state index in [1.807, 2.05) is 4.90 Å². The number of piperazine rings is 1. The van der Waals surface area contributed by atoms with Crippen molar-refractivity contribution in [1.29, 1.82) is 0 Å². The number of carbonyl (C=O) groups excluding carboxylic acids is 2. The van der Waals surface area contributed by atoms with Crippen molar-refractivity contribution < 1.29 is 14.7 Å². The molecule has 5 heteroatoms. The number of hydrogen-bond donors (Lipinski definition) is 1. The van der Waals surface area contributed by atoms with Crippen LogP contribution in [0, 0.1) is 13.8 Å². The summed E-state index contributed by atoms with van der Waals surface area (Å²) in [7, 11) is 0. The van der Waals surface area contributed by atoms with Gasteiger partial charge in [-0.3, -0.25) is 9.59 Å². The average Bonchev–Trinajstić information content (AvgIpc) is 2.95. The Kier molecular flexibility index (Phi) is 3.59. The minimum Gasteiger partial charge on any atom is -0.507 e. The molecule has 118 valence electrons. The van der Waals surface area contributed by atoms with Gasteiger partial charge < -0.3 is 14.9 Å². The second kappa shape index (κ2) is 5.30. The summed E-state index contributed by atoms with van der Waals surface area (Å²) in [4.78, 5) is 28.9. The van der Waals surface area contributed by atoms with Gasteiger partial charge in [-0.05, 0) is 56.9 Å². The molecular weight excluding hydrogens is 280 g/mol. The number of nitrogens with zero attached hydrogens (tertiary/aromatic N) is 2. The smallest absolute Gasteiger partial charge is 0.254 e. The number of fused-ring (bicyclic) bond motifs is 1. The molecule has 2 aliphatic heterocycles. The van der Waals surface area contributed by atoms with Gasteiger partial charge in [0.2, 0.25) is 5.91 Å². The highest BCUT2D eigenvalue weighted by Gasteiger charge is 2.42. The molecule has 0 spiro atoms. The van der Waals surface area contributed by atoms with Gasteiger partial charge in [0.1, 0.15) is 11.8 Å². The maximum absolute atomic E-state index is 12.8. The number of amides is 2. The highest BCUT2D eigenvalue weighted by atomic mass is 16.3. The Morgan fingerprint density at radius 3 is 2.55 bits per heavy atom. The van der Waals surface area contributed by atoms with E-state index in [1.165, 1.54) is 0 Å². The fourth-order valence-electron chi connectivity index (χ4n) is 3.58. The van der Waals surface area contributed by atoms with Crippen molar-refractivity contribution in [3.63, 3.8) is 0 Å². The summed E-state index contributed by atoms with van der Waals surface area (Å²) in [5.41, 5.74) is 1.91. The third kappa shape index (κ3) is 2.25. The molecule has 1 aromatic rings. The normalized spacial score (nSPS) is 24.6. The predicted octanol–water partition coefficient (Wildman–Crippen LogP) is 1.84. The summed E-state index contributed by atoms with van der Waals surface area (Å²) < 4.78 is 0. The topological polar surface area (TPSA) is 60.9 Å². The van der Waals surface area contributed by atoms with Crippen LogP contribution in [0.4, 0.5) is 0 Å². The summed E-state index contributed by atoms with van der Waals surface area (Å²) in [6.07, 6.45) is 1.98. The zero-order valence-corrected chi connectivity index (χ0v) is 13.3. The second-order valence-corrected chi connectivity index (χ2v) is 6.42. The van der Waals surface area contributed by atoms with E-state index in [-0.39, 0.29) is 23.6 Å². The number of phenolic OH excluding ortho intramolecular Hbond substituents is 1. The van der Waals surface area contributed by atoms with Crippen LogP contribution < -0.4 is 0 Å². The fourth-order valence-corrected chi connectivity index (χ4v) is 3.58. The van der Waals surface area contributed by atoms with Gasteiger partial charge in [0, 0.05) is 24.7 Å². The summed E-state index contributed by atoms with van der Waals surface area (Å²) in [5.74, 6) is 0.147. The number of hydrogen-bond acceptors (Lipinski definition) is 3. The molecule has 0 aliphatic carbocycles. The number of carbonyl (C=O) groups is 2. The quantitative estimate of drug-likeness (QED) is 0.861. The molecule has 2 aliphatic rings. The lowest BCUT2D eigenvalue weighted by atomic mass is 10.0. The SMILES string of the molecule is Cc1cc(C(=O)N2C[C@@H]3CCCN3C(=O)[C@H]2C)cc(C)c1O. The van der Waals surface area contributed by atoms with Gasteiger partial charge in [-0.15, -0.1) is 0 Å². The molecule has 1 N–H and O–H groups in total. The molecule has 2 atom stereocenters. The van der Waals surface area contributed by atoms with Crippen molar-refractivity contribution in [1.82, 2.24) is 9.80 Å². The molecule has 5 nitrogen and oxygen atoms in total. The van der Waals surface area contributed by atoms with E-state index in [2.05, 4.69) is 0 Å². The van der Waals surface area contributed by atoms with Crippen molar-refractivity contribution in [2.24, 2.45) is 0 Å². The first kappa shape index (κ1) is 14.9. The van der Waals surface area contributed by atoms with Gasteiger partial charge in [0.15, 0.2) is 0 Å². The molecule has 0 bridgehead atoms. The van der Waals surface area contributed by atoms with Crippen LogP contribution in [0.5, 0.6) is 5.75 Å². The Morgan fingerprint density at radius 2 is 1.91 bits per heavy atom. The molecular formula is C17H22N2O3. The Morgan fingerprint density at radius 1 is 1.27 bits per heavy atom. The van der Waals surface area contributed by atoms with Gasteiger partial charge in [0.05, 0.1) is 0 Å². The molecule has 2 fully saturated rings. The predicted molar refractivity (Wildman–Crippen MR) is 82.8 cm³/mol. The van der Waals surface area contributed by atoms with Crippen molar-refractivity contribution in [3.8, 4) is 5.75 Å². The minimum absolute atomic E-state index is 0.0503. The zero-order chi connectivity index (χ0) is 16.0. The summed E-state index contributed by atoms with van der Waals surface area (Å²) in [6, 6.07) is 3.13. The van der Waals surface area contributed by atoms with Crippen LogP contribution in [-0.2, 0) is 4.79 Å². The number of rotatable bonds is 1. The first-order chi connectivity index (χ1) is 10.4. The number of benzene rings is 1. The van der Waals surface area contributed by atoms with Crippen LogP contribution in [0.25, 0.3) is 0 Å². The molecule has 3 rings (SSSR count). The van der Waals surface area contributed by atoms with Crippen LogP contribution in [-0.4, -0.2) is 51.9 Å². The summed E-state index contributed by atoms with van der Waals surface area (Å²) in [5, 5.41) is 9.85. The maximum atomic E-state index is 12.8. The van der Waals surface area contributed by atoms with E-state index in [4.69, 9.17) is 0 Å². The lowest BCUT2D eigenvalue weighted by Crippen LogP contribution is -2.60. The third-order valence-electron chi connectivity index (χ3n) is 4.89. The first-order valence-corrected chi connectivity index (χ1v) is 7.82. The first-order valence-electron chi connectivity index (χ1n) is 7.82. The van der Waals surface area contributed by atoms with Crippen LogP contribution in [0.2, 0.25) is 0 Å². The monoisotopic (exact) mass is 302 g/mol. The van der Waals surface area contributed by atoms with Crippen LogP contribution in [0.3, 0.4) is 0 Å². The van der Waals surface area contributed by atoms with E-state index in [0.717, 1.165) is 19.4 Å². The van der Waals surface area contributed by atoms with E-state index in [0.29, 0.717) is 23.2 Å². The standard InChI is InChI=1S/C17H22N2O3/c1-10-7-13(8-11(2)15(10)20)17(22)19-9-14-5-4-6-18(14)16(21)12(19)3/h7-8,12,14,20H,4-6,9H2,1-3H3/t12-,14+/m1/s1. The maximum Gasteiger partial charge on any atom is 0.254 e. The van der Waals surface area contributed by atoms with Crippen molar-refractivity contribution in [3.05, 3.63) is 28.8 Å². The number of aromatic hydroxyl groups is 1. The van der Waals surface area contributed by atoms with Crippen molar-refractivity contribution in [2.75, 3.05) is 13.1 Å². The van der Waals surface area contributed by atoms with Gasteiger partial charge in [0.25, 0.3) is 5.91 Å². The highest BCUT2D eigenvalue weighted by Crippen LogP contribution is 2.28. The number of phenols is 1. The van der Waals surface area contributed by atoms with Gasteiger partial charge in [-0.25, -0.2) is 0 Å². The van der Waals surface area contributed by atoms with Gasteiger partial charge in [-0.1, -0.05) is 0 Å². The lowest BCUT2D eigenvalue weighted by Gasteiger charge is -2.41. The Balaban J connectivity index is 1.90. The minimum atomic E-state index is -0.420. The lowest BCUT2D eigenvalue weighted by molar-refractivity contribution is -0.141. The van der Waals surface area contributed by atoms with Crippen LogP contribution in [0.15, 0.2) is 12.1 Å². The summed E-state index contributed by atoms with van der Waals surface area (Å²) >= 11 is 0. The third-order valence-corrected chi connectivity index (χ3v) is 4.89. The van der Waals surface area contributed by atoms with Crippen LogP contribution in [0.1, 0.15) is 41.3 Å². The molecule has 0 saturated carbocycles. The van der Waals surface area contributed by atoms with E-state index < -0.39 is 6.04 Å². The Hall–Kier alpha value is -2.04. The van der Waals surface area contributed by atoms with Crippen LogP contribution >= 0.6 is 0 Å². The molecule has 22 heavy (non-hydrogen) atoms. The fraction of sp³-hybridized carbons (Fsp3) is 0.529. The Labute approximate surface area is 130 Å². The largest absolute Gasteiger partial charge is 0.507 e. The Bertz CT molecular complexity index is 618. The molecule has 0 unspecified atom stereocenters. The van der Waals surface area contributed by atoms with E-state index in [9.17, 15) is 14.7 Å². The molecule has 2 amide bonds. The average molecular weight is 302 g/mol. The van der Waals surface area contributed by atoms with Gasteiger partial charge >= 0.3 is 0 Å². The molecule has 1 aromatic carbocycles. The van der Waals surface area contributed by atoms with E-state index >= 15 is 0 Å². The highest BCUT2D eigenvalue weighted by molar-refractivity contribution is 5.98. The van der Waals surface area contributed by atoms with Crippen molar-refractivity contribution >= 4 is 11.8 Å². The van der Waals surface area contributed by atoms with Gasteiger partial charge in [-0.2, -0.15) is 0 Å². The second-order valence-electron chi connectivity index (χ2n) is 6.42. The molecule has 2 saturated heterocycles. The molecule has 0 aromatic heterocycles. The number of aryl methyl sites for hydroxylation is 2.